The van der Waals surface area contributed by atoms with Gasteiger partial charge in [-0.25, -0.2) is 29.8 Å². The summed E-state index contributed by atoms with van der Waals surface area (Å²) in [5.41, 5.74) is 31.1. The van der Waals surface area contributed by atoms with Crippen molar-refractivity contribution in [1.82, 2.24) is 54.8 Å². The number of H-pyrrole nitrogens is 1. The highest BCUT2D eigenvalue weighted by Crippen LogP contribution is 2.54. The predicted molar refractivity (Wildman–Crippen MR) is 384 cm³/mol. The van der Waals surface area contributed by atoms with E-state index >= 15 is 0 Å². The highest BCUT2D eigenvalue weighted by atomic mass is 32.7. The van der Waals surface area contributed by atoms with Crippen LogP contribution in [0.4, 0.5) is 17.5 Å². The van der Waals surface area contributed by atoms with Crippen LogP contribution in [0.25, 0.3) is 33.7 Å². The van der Waals surface area contributed by atoms with Gasteiger partial charge in [0.15, 0.2) is 22.6 Å². The van der Waals surface area contributed by atoms with E-state index in [0.29, 0.717) is 99.1 Å². The van der Waals surface area contributed by atoms with Crippen LogP contribution in [0.3, 0.4) is 0 Å². The van der Waals surface area contributed by atoms with E-state index in [1.165, 1.54) is 17.2 Å². The van der Waals surface area contributed by atoms with Crippen molar-refractivity contribution in [1.29, 1.82) is 0 Å². The molecule has 29 nitrogen and oxygen atoms in total. The Kier molecular flexibility index (Phi) is 24.7. The van der Waals surface area contributed by atoms with Crippen molar-refractivity contribution in [3.8, 4) is 11.5 Å². The number of benzene rings is 4. The second kappa shape index (κ2) is 33.7. The van der Waals surface area contributed by atoms with Gasteiger partial charge >= 0.3 is 12.7 Å². The molecule has 0 saturated carbocycles. The van der Waals surface area contributed by atoms with Crippen LogP contribution < -0.4 is 58.4 Å². The van der Waals surface area contributed by atoms with E-state index in [0.717, 1.165) is 53.8 Å². The van der Waals surface area contributed by atoms with Crippen LogP contribution in [-0.4, -0.2) is 119 Å². The molecule has 1 unspecified atom stereocenters. The molecule has 8 atom stereocenters. The lowest BCUT2D eigenvalue weighted by molar-refractivity contribution is -0.122. The smallest absolute Gasteiger partial charge is 0.343 e. The molecule has 2 fully saturated rings. The number of unbranched alkanes of at least 4 members (excludes halogenated alkanes) is 4. The number of imidazole rings is 2. The largest absolute Gasteiger partial charge is 0.492 e. The molecule has 0 spiro atoms. The molecule has 524 valence electrons. The number of anilines is 3. The van der Waals surface area contributed by atoms with Crippen molar-refractivity contribution in [3.63, 3.8) is 0 Å². The van der Waals surface area contributed by atoms with E-state index in [1.807, 2.05) is 55.5 Å². The molecule has 4 aromatic carbocycles. The number of rotatable bonds is 33. The molecule has 3 aliphatic rings. The number of nitrogens with one attached hydrogen (secondary N) is 4. The Morgan fingerprint density at radius 3 is 2.28 bits per heavy atom. The van der Waals surface area contributed by atoms with Crippen LogP contribution in [0.2, 0.25) is 0 Å². The first-order valence-corrected chi connectivity index (χ1v) is 39.9. The van der Waals surface area contributed by atoms with Crippen molar-refractivity contribution >= 4 is 125 Å². The number of para-hydroxylation sites is 1. The van der Waals surface area contributed by atoms with E-state index in [1.54, 1.807) is 64.3 Å². The number of amides is 2. The third-order valence-corrected chi connectivity index (χ3v) is 22.5. The van der Waals surface area contributed by atoms with Crippen molar-refractivity contribution in [2.24, 2.45) is 17.2 Å². The third-order valence-electron chi connectivity index (χ3n) is 17.0. The summed E-state index contributed by atoms with van der Waals surface area (Å²) in [5, 5.41) is 9.53. The van der Waals surface area contributed by atoms with Crippen LogP contribution in [0.15, 0.2) is 121 Å². The normalized spacial score (nSPS) is 19.6. The molecule has 8 aromatic rings. The molecule has 0 bridgehead atoms. The molecule has 3 aliphatic heterocycles. The van der Waals surface area contributed by atoms with Crippen molar-refractivity contribution in [2.45, 2.75) is 114 Å². The quantitative estimate of drug-likeness (QED) is 0.00803. The summed E-state index contributed by atoms with van der Waals surface area (Å²) in [6, 6.07) is 27.8. The Bertz CT molecular complexity index is 4380. The predicted octanol–water partition coefficient (Wildman–Crippen LogP) is 8.64. The van der Waals surface area contributed by atoms with Gasteiger partial charge in [0.2, 0.25) is 17.8 Å². The average Bonchev–Trinajstić information content (AvgIpc) is 1.77. The maximum Gasteiger partial charge on any atom is 0.343 e. The van der Waals surface area contributed by atoms with E-state index in [-0.39, 0.29) is 90.4 Å². The first-order valence-electron chi connectivity index (χ1n) is 32.2. The lowest BCUT2D eigenvalue weighted by Crippen LogP contribution is -2.38. The fourth-order valence-corrected chi connectivity index (χ4v) is 16.3. The van der Waals surface area contributed by atoms with Crippen LogP contribution in [0.1, 0.15) is 116 Å². The topological polar surface area (TPSA) is 404 Å². The minimum Gasteiger partial charge on any atom is -0.492 e. The van der Waals surface area contributed by atoms with Gasteiger partial charge in [0, 0.05) is 55.3 Å². The van der Waals surface area contributed by atoms with Crippen LogP contribution in [0, 0.1) is 5.92 Å². The second-order valence-corrected chi connectivity index (χ2v) is 32.0. The van der Waals surface area contributed by atoms with Gasteiger partial charge in [0.05, 0.1) is 73.9 Å². The Labute approximate surface area is 585 Å². The number of carbonyl (C=O) groups is 3. The maximum atomic E-state index is 14.1. The zero-order valence-electron chi connectivity index (χ0n) is 54.0. The average molecular weight is 1470 g/mol. The van der Waals surface area contributed by atoms with Crippen LogP contribution >= 0.6 is 32.3 Å². The van der Waals surface area contributed by atoms with Crippen LogP contribution in [-0.2, 0) is 73.1 Å². The molecule has 0 aliphatic carbocycles. The minimum absolute atomic E-state index is 0.0159. The van der Waals surface area contributed by atoms with Gasteiger partial charge in [-0.05, 0) is 127 Å². The minimum atomic E-state index is -3.90. The summed E-state index contributed by atoms with van der Waals surface area (Å²) in [6.45, 7) is -3.95. The van der Waals surface area contributed by atoms with Gasteiger partial charge < -0.3 is 70.1 Å². The summed E-state index contributed by atoms with van der Waals surface area (Å²) in [6.07, 6.45) is 7.96. The Morgan fingerprint density at radius 1 is 0.788 bits per heavy atom. The molecule has 99 heavy (non-hydrogen) atoms. The Balaban J connectivity index is 0.641. The van der Waals surface area contributed by atoms with Gasteiger partial charge in [-0.1, -0.05) is 74.4 Å². The molecule has 2 saturated heterocycles. The third kappa shape index (κ3) is 18.9. The molecule has 2 amide bonds. The number of aromatic nitrogens is 8. The standard InChI is InChI=1S/C64H77N16O13P3S3/c1-39-30-53(79-37-73-57-59(66)71-36-72-60(57)79)92-49(39)33-90-96(86,98)77-47-31-54(80-38-74-58-61(80)75-64(67)76-62(58)83)93-50(47)34-89-95(68,85)99-35-40-18-22-44(23-19-40)91-63(84)41-20-24-43(25-21-41)87-29-27-70-56-46-14-6-7-15-48(46)78(32-42-12-4-5-13-45(42)55(56)65)52(82)17-9-8-16-51(81)69-26-10-2-3-11-28-88-94-97/h4-7,12-15,18-25,36-39,47,49-50,53-54,70H,2-3,8-11,16-17,26-35,65H2,1H3,(H2,68,85)(H,69,81)(H2,66,71,72)(H2,77,86,98)(H3,67,75,76,83)/t39-,47-,49+,50+,53+,54+,95+,96?/m0/s1. The first-order chi connectivity index (χ1) is 47.8. The monoisotopic (exact) mass is 1470 g/mol. The summed E-state index contributed by atoms with van der Waals surface area (Å²) in [7, 11) is 0.526. The fourth-order valence-electron chi connectivity index (χ4n) is 11.8. The van der Waals surface area contributed by atoms with Crippen molar-refractivity contribution in [3.05, 3.63) is 154 Å². The van der Waals surface area contributed by atoms with E-state index in [2.05, 4.69) is 45.6 Å². The molecule has 7 heterocycles. The SMILES string of the molecule is C[C@H]1C[C@H](n2cnc3c(N)ncnc32)O[C@@H]1COP(O)(=S)N[C@H]1C[C@H](n2cnc3c(=O)[nH]c(N)nc32)O[C@@H]1CO[P@@](N)(=O)SCc1ccc(OC(=O)c2ccc(OCCNC3=C(N)c4ccccc4CN(C(=O)CCCCC(=O)NCCCCCCOP=S)c4ccccc43)cc2)cc1. The van der Waals surface area contributed by atoms with E-state index in [4.69, 9.17) is 78.8 Å². The molecule has 13 N–H and O–H groups in total. The zero-order valence-corrected chi connectivity index (χ0v) is 59.1. The molecular weight excluding hydrogens is 1390 g/mol. The highest BCUT2D eigenvalue weighted by molar-refractivity contribution is 8.55. The highest BCUT2D eigenvalue weighted by Gasteiger charge is 2.42. The number of nitrogens with two attached hydrogens (primary N) is 4. The first kappa shape index (κ1) is 72.6. The fraction of sp³-hybridized carbons (Fsp3) is 0.391. The number of nitrogen functional groups attached to an aromatic ring is 2. The van der Waals surface area contributed by atoms with Gasteiger partial charge in [-0.2, -0.15) is 4.98 Å². The van der Waals surface area contributed by atoms with E-state index < -0.39 is 55.6 Å². The zero-order chi connectivity index (χ0) is 69.6. The number of hydrogen-bond donors (Lipinski definition) is 9. The molecule has 4 aromatic heterocycles. The van der Waals surface area contributed by atoms with Gasteiger partial charge in [0.25, 0.3) is 12.2 Å². The molecular formula is C64H77N16O13P3S3. The summed E-state index contributed by atoms with van der Waals surface area (Å²) < 4.78 is 58.9. The molecule has 11 rings (SSSR count). The number of aromatic amines is 1. The lowest BCUT2D eigenvalue weighted by Gasteiger charge is -2.30. The molecule has 0 radical (unpaired) electrons. The maximum absolute atomic E-state index is 14.1. The number of nitrogens with zero attached hydrogens (tertiary/aromatic N) is 8. The number of fused-ring (bicyclic) bond motifs is 4. The summed E-state index contributed by atoms with van der Waals surface area (Å²) in [5.74, 6) is 0.322. The van der Waals surface area contributed by atoms with Crippen LogP contribution in [0.5, 0.6) is 11.5 Å². The number of hydrogen-bond acceptors (Lipinski definition) is 24. The summed E-state index contributed by atoms with van der Waals surface area (Å²) >= 11 is 11.3. The lowest BCUT2D eigenvalue weighted by atomic mass is 9.95. The van der Waals surface area contributed by atoms with E-state index in [9.17, 15) is 28.6 Å². The van der Waals surface area contributed by atoms with Gasteiger partial charge in [0.1, 0.15) is 50.0 Å². The molecule has 35 heteroatoms. The Hall–Kier alpha value is -7.64. The van der Waals surface area contributed by atoms with Crippen molar-refractivity contribution < 1.29 is 56.4 Å². The second-order valence-electron chi connectivity index (χ2n) is 23.9. The number of esters is 1. The van der Waals surface area contributed by atoms with Crippen molar-refractivity contribution in [2.75, 3.05) is 55.9 Å². The number of carbonyl (C=O) groups excluding carboxylic acids is 3. The van der Waals surface area contributed by atoms with Gasteiger partial charge in [-0.3, -0.25) is 38.6 Å². The van der Waals surface area contributed by atoms with Gasteiger partial charge in [-0.15, -0.1) is 0 Å². The Morgan fingerprint density at radius 2 is 1.48 bits per heavy atom. The number of ether oxygens (including phenoxy) is 4. The summed E-state index contributed by atoms with van der Waals surface area (Å²) in [4.78, 5) is 89.8.